The van der Waals surface area contributed by atoms with Crippen LogP contribution in [-0.2, 0) is 6.54 Å². The minimum Gasteiger partial charge on any atom is -0.475 e. The Labute approximate surface area is 103 Å². The third-order valence-electron chi connectivity index (χ3n) is 2.42. The van der Waals surface area contributed by atoms with E-state index in [0.29, 0.717) is 5.88 Å². The van der Waals surface area contributed by atoms with Crippen LogP contribution in [0.15, 0.2) is 34.1 Å². The molecule has 0 spiro atoms. The van der Waals surface area contributed by atoms with Gasteiger partial charge in [0, 0.05) is 17.5 Å². The van der Waals surface area contributed by atoms with Crippen LogP contribution in [0, 0.1) is 0 Å². The van der Waals surface area contributed by atoms with Gasteiger partial charge in [-0.1, -0.05) is 6.07 Å². The average molecular weight is 251 g/mol. The zero-order chi connectivity index (χ0) is 12.3. The molecule has 0 radical (unpaired) electrons. The molecule has 0 fully saturated rings. The van der Waals surface area contributed by atoms with Crippen LogP contribution in [0.5, 0.6) is 0 Å². The smallest absolute Gasteiger partial charge is 0.371 e. The number of rotatable bonds is 5. The third-order valence-corrected chi connectivity index (χ3v) is 3.28. The minimum atomic E-state index is -1.04. The highest BCUT2D eigenvalue weighted by Gasteiger charge is 2.13. The number of carbonyl (C=O) groups is 1. The molecule has 2 rings (SSSR count). The monoisotopic (exact) mass is 251 g/mol. The van der Waals surface area contributed by atoms with Crippen molar-refractivity contribution in [3.05, 3.63) is 40.3 Å². The summed E-state index contributed by atoms with van der Waals surface area (Å²) >= 11 is 1.67. The lowest BCUT2D eigenvalue weighted by atomic mass is 10.4. The lowest BCUT2D eigenvalue weighted by Gasteiger charge is -2.18. The van der Waals surface area contributed by atoms with Crippen LogP contribution in [0.4, 0.5) is 5.88 Å². The average Bonchev–Trinajstić information content (AvgIpc) is 2.96. The Morgan fingerprint density at radius 2 is 2.29 bits per heavy atom. The van der Waals surface area contributed by atoms with Crippen LogP contribution in [-0.4, -0.2) is 17.6 Å². The first kappa shape index (κ1) is 11.7. The summed E-state index contributed by atoms with van der Waals surface area (Å²) in [5.41, 5.74) is 0. The van der Waals surface area contributed by atoms with Gasteiger partial charge in [-0.2, -0.15) is 0 Å². The van der Waals surface area contributed by atoms with Gasteiger partial charge in [0.15, 0.2) is 5.88 Å². The van der Waals surface area contributed by atoms with Gasteiger partial charge < -0.3 is 14.4 Å². The predicted octanol–water partition coefficient (Wildman–Crippen LogP) is 3.07. The van der Waals surface area contributed by atoms with Gasteiger partial charge in [-0.25, -0.2) is 4.79 Å². The van der Waals surface area contributed by atoms with E-state index in [-0.39, 0.29) is 5.76 Å². The van der Waals surface area contributed by atoms with E-state index in [1.807, 2.05) is 29.3 Å². The van der Waals surface area contributed by atoms with E-state index >= 15 is 0 Å². The van der Waals surface area contributed by atoms with Gasteiger partial charge in [0.05, 0.1) is 6.54 Å². The number of anilines is 1. The highest BCUT2D eigenvalue weighted by Crippen LogP contribution is 2.22. The van der Waals surface area contributed by atoms with E-state index in [4.69, 9.17) is 9.52 Å². The van der Waals surface area contributed by atoms with Crippen molar-refractivity contribution in [3.63, 3.8) is 0 Å². The number of furan rings is 1. The zero-order valence-corrected chi connectivity index (χ0v) is 10.2. The van der Waals surface area contributed by atoms with E-state index in [1.54, 1.807) is 17.4 Å². The maximum Gasteiger partial charge on any atom is 0.371 e. The molecule has 2 aromatic heterocycles. The zero-order valence-electron chi connectivity index (χ0n) is 9.42. The summed E-state index contributed by atoms with van der Waals surface area (Å²) in [5.74, 6) is -0.466. The first-order chi connectivity index (χ1) is 8.20. The van der Waals surface area contributed by atoms with Crippen LogP contribution in [0.2, 0.25) is 0 Å². The molecule has 5 heteroatoms. The molecule has 2 heterocycles. The fourth-order valence-electron chi connectivity index (χ4n) is 1.55. The second-order valence-corrected chi connectivity index (χ2v) is 4.57. The Bertz CT molecular complexity index is 490. The van der Waals surface area contributed by atoms with E-state index in [9.17, 15) is 4.79 Å². The molecule has 90 valence electrons. The van der Waals surface area contributed by atoms with Gasteiger partial charge in [-0.3, -0.25) is 0 Å². The van der Waals surface area contributed by atoms with Crippen LogP contribution >= 0.6 is 11.3 Å². The number of carboxylic acids is 1. The van der Waals surface area contributed by atoms with Crippen LogP contribution in [0.1, 0.15) is 22.4 Å². The largest absolute Gasteiger partial charge is 0.475 e. The molecule has 0 bridgehead atoms. The summed E-state index contributed by atoms with van der Waals surface area (Å²) in [6, 6.07) is 7.22. The van der Waals surface area contributed by atoms with Gasteiger partial charge in [0.1, 0.15) is 0 Å². The number of nitrogens with zero attached hydrogens (tertiary/aromatic N) is 1. The van der Waals surface area contributed by atoms with Crippen molar-refractivity contribution in [2.24, 2.45) is 0 Å². The van der Waals surface area contributed by atoms with Crippen molar-refractivity contribution in [2.45, 2.75) is 13.5 Å². The second-order valence-electron chi connectivity index (χ2n) is 3.54. The Morgan fingerprint density at radius 3 is 2.82 bits per heavy atom. The van der Waals surface area contributed by atoms with Crippen molar-refractivity contribution in [3.8, 4) is 0 Å². The maximum absolute atomic E-state index is 10.7. The molecule has 2 aromatic rings. The van der Waals surface area contributed by atoms with Gasteiger partial charge in [-0.15, -0.1) is 11.3 Å². The highest BCUT2D eigenvalue weighted by molar-refractivity contribution is 7.09. The van der Waals surface area contributed by atoms with Gasteiger partial charge in [0.25, 0.3) is 0 Å². The Morgan fingerprint density at radius 1 is 1.47 bits per heavy atom. The fourth-order valence-corrected chi connectivity index (χ4v) is 2.27. The Kier molecular flexibility index (Phi) is 3.49. The molecule has 0 aliphatic carbocycles. The van der Waals surface area contributed by atoms with Gasteiger partial charge in [-0.05, 0) is 24.4 Å². The van der Waals surface area contributed by atoms with Crippen LogP contribution in [0.3, 0.4) is 0 Å². The number of thiophene rings is 1. The molecule has 0 aliphatic rings. The molecule has 17 heavy (non-hydrogen) atoms. The summed E-state index contributed by atoms with van der Waals surface area (Å²) in [7, 11) is 0. The van der Waals surface area contributed by atoms with E-state index in [0.717, 1.165) is 13.1 Å². The molecule has 0 saturated heterocycles. The Balaban J connectivity index is 2.14. The number of hydrogen-bond donors (Lipinski definition) is 1. The number of hydrogen-bond acceptors (Lipinski definition) is 4. The standard InChI is InChI=1S/C12H13NO3S/c1-2-13(8-9-4-3-7-17-9)11-6-5-10(16-11)12(14)15/h3-7H,2,8H2,1H3,(H,14,15). The molecular formula is C12H13NO3S. The second kappa shape index (κ2) is 5.05. The maximum atomic E-state index is 10.7. The summed E-state index contributed by atoms with van der Waals surface area (Å²) in [6.45, 7) is 3.52. The molecule has 0 unspecified atom stereocenters. The SMILES string of the molecule is CCN(Cc1cccs1)c1ccc(C(=O)O)o1. The van der Waals surface area contributed by atoms with Crippen molar-refractivity contribution in [2.75, 3.05) is 11.4 Å². The fraction of sp³-hybridized carbons (Fsp3) is 0.250. The van der Waals surface area contributed by atoms with Crippen molar-refractivity contribution in [1.29, 1.82) is 0 Å². The molecule has 1 N–H and O–H groups in total. The third kappa shape index (κ3) is 2.68. The lowest BCUT2D eigenvalue weighted by molar-refractivity contribution is 0.0663. The topological polar surface area (TPSA) is 53.7 Å². The lowest BCUT2D eigenvalue weighted by Crippen LogP contribution is -2.20. The summed E-state index contributed by atoms with van der Waals surface area (Å²) in [4.78, 5) is 14.0. The van der Waals surface area contributed by atoms with E-state index in [1.165, 1.54) is 10.9 Å². The van der Waals surface area contributed by atoms with Crippen LogP contribution in [0.25, 0.3) is 0 Å². The van der Waals surface area contributed by atoms with Crippen molar-refractivity contribution < 1.29 is 14.3 Å². The molecule has 0 amide bonds. The first-order valence-corrected chi connectivity index (χ1v) is 6.19. The van der Waals surface area contributed by atoms with E-state index in [2.05, 4.69) is 0 Å². The van der Waals surface area contributed by atoms with Gasteiger partial charge in [0.2, 0.25) is 5.76 Å². The molecular weight excluding hydrogens is 238 g/mol. The highest BCUT2D eigenvalue weighted by atomic mass is 32.1. The number of carboxylic acid groups (broad SMARTS) is 1. The summed E-state index contributed by atoms with van der Waals surface area (Å²) in [5, 5.41) is 10.8. The van der Waals surface area contributed by atoms with Gasteiger partial charge >= 0.3 is 5.97 Å². The molecule has 0 atom stereocenters. The van der Waals surface area contributed by atoms with Crippen molar-refractivity contribution >= 4 is 23.2 Å². The minimum absolute atomic E-state index is 0.0235. The molecule has 0 aromatic carbocycles. The van der Waals surface area contributed by atoms with Crippen molar-refractivity contribution in [1.82, 2.24) is 0 Å². The number of aromatic carboxylic acids is 1. The quantitative estimate of drug-likeness (QED) is 0.887. The predicted molar refractivity (Wildman–Crippen MR) is 66.7 cm³/mol. The van der Waals surface area contributed by atoms with E-state index < -0.39 is 5.97 Å². The molecule has 0 saturated carbocycles. The normalized spacial score (nSPS) is 10.4. The summed E-state index contributed by atoms with van der Waals surface area (Å²) in [6.07, 6.45) is 0. The van der Waals surface area contributed by atoms with Crippen LogP contribution < -0.4 is 4.90 Å². The molecule has 0 aliphatic heterocycles. The first-order valence-electron chi connectivity index (χ1n) is 5.31. The molecule has 4 nitrogen and oxygen atoms in total. The summed E-state index contributed by atoms with van der Waals surface area (Å²) < 4.78 is 5.28. The Hall–Kier alpha value is -1.75.